The van der Waals surface area contributed by atoms with Gasteiger partial charge in [0, 0.05) is 63.5 Å². The van der Waals surface area contributed by atoms with Crippen LogP contribution in [0.5, 0.6) is 0 Å². The van der Waals surface area contributed by atoms with Gasteiger partial charge in [0.25, 0.3) is 0 Å². The van der Waals surface area contributed by atoms with Gasteiger partial charge < -0.3 is 25.6 Å². The molecule has 1 aromatic carbocycles. The number of carbonyl (C=O) groups is 1. The number of aliphatic imine (C=N–C) groups is 1. The van der Waals surface area contributed by atoms with E-state index in [1.807, 2.05) is 25.1 Å². The SMILES string of the molecule is CN=C(NCCC(=O)Nc1cc(Br)ccc1C)NCCN(C)CCCOC. The maximum Gasteiger partial charge on any atom is 0.226 e. The number of anilines is 1. The van der Waals surface area contributed by atoms with Gasteiger partial charge in [-0.05, 0) is 38.1 Å². The molecule has 0 spiro atoms. The fourth-order valence-corrected chi connectivity index (χ4v) is 2.77. The Morgan fingerprint density at radius 2 is 2.00 bits per heavy atom. The molecule has 1 amide bonds. The van der Waals surface area contributed by atoms with Gasteiger partial charge in [-0.2, -0.15) is 0 Å². The highest BCUT2D eigenvalue weighted by molar-refractivity contribution is 9.10. The molecule has 0 aromatic heterocycles. The Morgan fingerprint density at radius 3 is 2.70 bits per heavy atom. The number of hydrogen-bond donors (Lipinski definition) is 3. The lowest BCUT2D eigenvalue weighted by molar-refractivity contribution is -0.116. The van der Waals surface area contributed by atoms with E-state index in [1.54, 1.807) is 14.2 Å². The van der Waals surface area contributed by atoms with Crippen LogP contribution in [0.25, 0.3) is 0 Å². The van der Waals surface area contributed by atoms with Crippen molar-refractivity contribution in [3.8, 4) is 0 Å². The van der Waals surface area contributed by atoms with Gasteiger partial charge in [0.15, 0.2) is 5.96 Å². The van der Waals surface area contributed by atoms with Crippen LogP contribution in [0.2, 0.25) is 0 Å². The summed E-state index contributed by atoms with van der Waals surface area (Å²) in [5.74, 6) is 0.670. The Morgan fingerprint density at radius 1 is 1.26 bits per heavy atom. The number of likely N-dealkylation sites (N-methyl/N-ethyl adjacent to an activating group) is 1. The third-order valence-electron chi connectivity index (χ3n) is 4.02. The molecule has 0 aliphatic carbocycles. The van der Waals surface area contributed by atoms with Crippen molar-refractivity contribution in [2.24, 2.45) is 4.99 Å². The minimum atomic E-state index is -0.0305. The molecule has 0 radical (unpaired) electrons. The highest BCUT2D eigenvalue weighted by atomic mass is 79.9. The van der Waals surface area contributed by atoms with Crippen LogP contribution in [-0.4, -0.2) is 70.8 Å². The van der Waals surface area contributed by atoms with Crippen LogP contribution in [0.3, 0.4) is 0 Å². The van der Waals surface area contributed by atoms with Gasteiger partial charge in [0.2, 0.25) is 5.91 Å². The Bertz CT molecular complexity index is 610. The Hall–Kier alpha value is -1.64. The van der Waals surface area contributed by atoms with Crippen molar-refractivity contribution in [1.29, 1.82) is 0 Å². The zero-order valence-corrected chi connectivity index (χ0v) is 18.4. The number of amides is 1. The van der Waals surface area contributed by atoms with Crippen molar-refractivity contribution in [3.63, 3.8) is 0 Å². The number of nitrogens with zero attached hydrogens (tertiary/aromatic N) is 2. The summed E-state index contributed by atoms with van der Waals surface area (Å²) in [7, 11) is 5.53. The van der Waals surface area contributed by atoms with Crippen LogP contribution < -0.4 is 16.0 Å². The molecular formula is C19H32BrN5O2. The minimum Gasteiger partial charge on any atom is -0.385 e. The fourth-order valence-electron chi connectivity index (χ4n) is 2.41. The van der Waals surface area contributed by atoms with Crippen molar-refractivity contribution in [3.05, 3.63) is 28.2 Å². The average molecular weight is 442 g/mol. The molecule has 0 heterocycles. The number of nitrogens with one attached hydrogen (secondary N) is 3. The number of guanidine groups is 1. The van der Waals surface area contributed by atoms with Crippen LogP contribution >= 0.6 is 15.9 Å². The van der Waals surface area contributed by atoms with E-state index < -0.39 is 0 Å². The van der Waals surface area contributed by atoms with E-state index in [-0.39, 0.29) is 5.91 Å². The van der Waals surface area contributed by atoms with E-state index in [1.165, 1.54) is 0 Å². The summed E-state index contributed by atoms with van der Waals surface area (Å²) in [4.78, 5) is 18.6. The quantitative estimate of drug-likeness (QED) is 0.278. The smallest absolute Gasteiger partial charge is 0.226 e. The first-order valence-electron chi connectivity index (χ1n) is 9.14. The molecule has 0 aliphatic rings. The predicted molar refractivity (Wildman–Crippen MR) is 115 cm³/mol. The second-order valence-corrected chi connectivity index (χ2v) is 7.25. The zero-order chi connectivity index (χ0) is 20.1. The van der Waals surface area contributed by atoms with E-state index in [0.717, 1.165) is 48.4 Å². The van der Waals surface area contributed by atoms with Crippen LogP contribution in [-0.2, 0) is 9.53 Å². The summed E-state index contributed by atoms with van der Waals surface area (Å²) in [6.07, 6.45) is 1.39. The Balaban J connectivity index is 2.24. The van der Waals surface area contributed by atoms with E-state index in [9.17, 15) is 4.79 Å². The first-order chi connectivity index (χ1) is 13.0. The molecule has 0 bridgehead atoms. The van der Waals surface area contributed by atoms with Crippen molar-refractivity contribution < 1.29 is 9.53 Å². The maximum atomic E-state index is 12.1. The molecule has 0 saturated heterocycles. The lowest BCUT2D eigenvalue weighted by atomic mass is 10.2. The number of methoxy groups -OCH3 is 1. The first-order valence-corrected chi connectivity index (χ1v) is 9.93. The number of benzene rings is 1. The monoisotopic (exact) mass is 441 g/mol. The van der Waals surface area contributed by atoms with Gasteiger partial charge in [-0.1, -0.05) is 22.0 Å². The van der Waals surface area contributed by atoms with E-state index in [0.29, 0.717) is 18.9 Å². The summed E-state index contributed by atoms with van der Waals surface area (Å²) in [5.41, 5.74) is 1.86. The fraction of sp³-hybridized carbons (Fsp3) is 0.579. The predicted octanol–water partition coefficient (Wildman–Crippen LogP) is 2.22. The molecule has 1 rings (SSSR count). The molecule has 0 fully saturated rings. The second kappa shape index (κ2) is 13.5. The van der Waals surface area contributed by atoms with Crippen LogP contribution in [0.15, 0.2) is 27.7 Å². The van der Waals surface area contributed by atoms with Gasteiger partial charge in [0.05, 0.1) is 0 Å². The number of carbonyl (C=O) groups excluding carboxylic acids is 1. The first kappa shape index (κ1) is 23.4. The summed E-state index contributed by atoms with van der Waals surface area (Å²) >= 11 is 3.42. The van der Waals surface area contributed by atoms with Crippen molar-refractivity contribution in [2.45, 2.75) is 19.8 Å². The molecule has 0 atom stereocenters. The number of aryl methyl sites for hydroxylation is 1. The normalized spacial score (nSPS) is 11.6. The van der Waals surface area contributed by atoms with Gasteiger partial charge in [-0.3, -0.25) is 9.79 Å². The number of halogens is 1. The lowest BCUT2D eigenvalue weighted by Crippen LogP contribution is -2.42. The van der Waals surface area contributed by atoms with Crippen molar-refractivity contribution in [2.75, 3.05) is 59.3 Å². The lowest BCUT2D eigenvalue weighted by Gasteiger charge is -2.18. The maximum absolute atomic E-state index is 12.1. The Labute approximate surface area is 171 Å². The molecule has 0 unspecified atom stereocenters. The molecule has 8 heteroatoms. The van der Waals surface area contributed by atoms with Crippen molar-refractivity contribution >= 4 is 33.5 Å². The highest BCUT2D eigenvalue weighted by Crippen LogP contribution is 2.20. The van der Waals surface area contributed by atoms with Crippen molar-refractivity contribution in [1.82, 2.24) is 15.5 Å². The summed E-state index contributed by atoms with van der Waals surface area (Å²) in [6, 6.07) is 5.83. The molecule has 7 nitrogen and oxygen atoms in total. The van der Waals surface area contributed by atoms with Gasteiger partial charge in [-0.15, -0.1) is 0 Å². The molecule has 0 aliphatic heterocycles. The largest absolute Gasteiger partial charge is 0.385 e. The summed E-state index contributed by atoms with van der Waals surface area (Å²) < 4.78 is 6.00. The van der Waals surface area contributed by atoms with Crippen LogP contribution in [0.4, 0.5) is 5.69 Å². The average Bonchev–Trinajstić information content (AvgIpc) is 2.63. The summed E-state index contributed by atoms with van der Waals surface area (Å²) in [5, 5.41) is 9.37. The topological polar surface area (TPSA) is 78.0 Å². The third-order valence-corrected chi connectivity index (χ3v) is 4.51. The summed E-state index contributed by atoms with van der Waals surface area (Å²) in [6.45, 7) is 5.96. The zero-order valence-electron chi connectivity index (χ0n) is 16.8. The molecule has 0 saturated carbocycles. The van der Waals surface area contributed by atoms with E-state index in [4.69, 9.17) is 4.74 Å². The van der Waals surface area contributed by atoms with Crippen LogP contribution in [0, 0.1) is 6.92 Å². The Kier molecular flexibility index (Phi) is 11.7. The molecular weight excluding hydrogens is 410 g/mol. The minimum absolute atomic E-state index is 0.0305. The third kappa shape index (κ3) is 10.3. The van der Waals surface area contributed by atoms with E-state index in [2.05, 4.69) is 48.8 Å². The number of hydrogen-bond acceptors (Lipinski definition) is 4. The van der Waals surface area contributed by atoms with E-state index >= 15 is 0 Å². The molecule has 27 heavy (non-hydrogen) atoms. The van der Waals surface area contributed by atoms with Gasteiger partial charge >= 0.3 is 0 Å². The molecule has 3 N–H and O–H groups in total. The number of rotatable bonds is 11. The van der Waals surface area contributed by atoms with Crippen LogP contribution in [0.1, 0.15) is 18.4 Å². The van der Waals surface area contributed by atoms with Gasteiger partial charge in [-0.25, -0.2) is 0 Å². The second-order valence-electron chi connectivity index (χ2n) is 6.33. The highest BCUT2D eigenvalue weighted by Gasteiger charge is 2.06. The molecule has 152 valence electrons. The number of ether oxygens (including phenoxy) is 1. The standard InChI is InChI=1S/C19H32BrN5O2/c1-15-6-7-16(20)14-17(15)24-18(26)8-9-22-19(21-2)23-10-12-25(3)11-5-13-27-4/h6-7,14H,5,8-13H2,1-4H3,(H,24,26)(H2,21,22,23). The molecule has 1 aromatic rings. The van der Waals surface area contributed by atoms with Gasteiger partial charge in [0.1, 0.15) is 0 Å².